The van der Waals surface area contributed by atoms with Crippen molar-refractivity contribution in [2.24, 2.45) is 0 Å². The van der Waals surface area contributed by atoms with Crippen LogP contribution in [0.5, 0.6) is 0 Å². The van der Waals surface area contributed by atoms with Crippen molar-refractivity contribution in [1.82, 2.24) is 9.88 Å². The Labute approximate surface area is 164 Å². The minimum Gasteiger partial charge on any atom is -0.395 e. The van der Waals surface area contributed by atoms with Gasteiger partial charge in [-0.05, 0) is 19.4 Å². The van der Waals surface area contributed by atoms with Crippen LogP contribution in [0.15, 0.2) is 54.6 Å². The second kappa shape index (κ2) is 8.93. The number of benzene rings is 2. The topological polar surface area (TPSA) is 53.4 Å². The van der Waals surface area contributed by atoms with Gasteiger partial charge in [-0.2, -0.15) is 0 Å². The zero-order valence-electron chi connectivity index (χ0n) is 15.7. The summed E-state index contributed by atoms with van der Waals surface area (Å²) in [5, 5.41) is 10.3. The van der Waals surface area contributed by atoms with Crippen molar-refractivity contribution in [3.63, 3.8) is 0 Å². The Bertz CT molecular complexity index is 888. The van der Waals surface area contributed by atoms with Crippen LogP contribution in [0.3, 0.4) is 0 Å². The molecule has 3 rings (SSSR count). The molecule has 140 valence electrons. The van der Waals surface area contributed by atoms with Crippen LogP contribution in [0.4, 0.5) is 0 Å². The van der Waals surface area contributed by atoms with Crippen molar-refractivity contribution in [2.45, 2.75) is 26.8 Å². The fourth-order valence-corrected chi connectivity index (χ4v) is 3.94. The molecule has 1 N–H and O–H groups in total. The molecule has 0 saturated heterocycles. The summed E-state index contributed by atoms with van der Waals surface area (Å²) >= 11 is 1.56. The molecule has 2 aromatic carbocycles. The maximum absolute atomic E-state index is 12.9. The van der Waals surface area contributed by atoms with E-state index in [0.29, 0.717) is 19.5 Å². The normalized spacial score (nSPS) is 10.8. The summed E-state index contributed by atoms with van der Waals surface area (Å²) < 4.78 is 0. The third-order valence-electron chi connectivity index (χ3n) is 4.38. The third-order valence-corrected chi connectivity index (χ3v) is 5.35. The van der Waals surface area contributed by atoms with E-state index >= 15 is 0 Å². The van der Waals surface area contributed by atoms with Gasteiger partial charge in [0.25, 0.3) is 0 Å². The van der Waals surface area contributed by atoms with Crippen molar-refractivity contribution < 1.29 is 9.90 Å². The number of thiazole rings is 1. The molecule has 0 radical (unpaired) electrons. The number of nitrogens with zero attached hydrogens (tertiary/aromatic N) is 2. The lowest BCUT2D eigenvalue weighted by Crippen LogP contribution is -2.34. The molecule has 0 unspecified atom stereocenters. The van der Waals surface area contributed by atoms with Crippen molar-refractivity contribution in [2.75, 3.05) is 13.2 Å². The molecule has 5 heteroatoms. The summed E-state index contributed by atoms with van der Waals surface area (Å²) in [6.07, 6.45) is 0.293. The minimum absolute atomic E-state index is 0.00455. The van der Waals surface area contributed by atoms with Crippen molar-refractivity contribution in [3.8, 4) is 11.3 Å². The molecular formula is C22H24N2O2S. The number of aliphatic hydroxyl groups excluding tert-OH is 1. The number of aryl methyl sites for hydroxylation is 2. The molecule has 0 aliphatic rings. The fraction of sp³-hybridized carbons (Fsp3) is 0.273. The van der Waals surface area contributed by atoms with Crippen LogP contribution in [0, 0.1) is 13.8 Å². The van der Waals surface area contributed by atoms with Crippen molar-refractivity contribution >= 4 is 17.2 Å². The predicted molar refractivity (Wildman–Crippen MR) is 110 cm³/mol. The number of amides is 1. The van der Waals surface area contributed by atoms with Crippen molar-refractivity contribution in [1.29, 1.82) is 0 Å². The second-order valence-corrected chi connectivity index (χ2v) is 7.86. The zero-order valence-corrected chi connectivity index (χ0v) is 16.5. The number of aliphatic hydroxyl groups is 1. The smallest absolute Gasteiger partial charge is 0.228 e. The van der Waals surface area contributed by atoms with Gasteiger partial charge >= 0.3 is 0 Å². The summed E-state index contributed by atoms with van der Waals surface area (Å²) in [4.78, 5) is 20.3. The van der Waals surface area contributed by atoms with E-state index < -0.39 is 0 Å². The highest BCUT2D eigenvalue weighted by atomic mass is 32.1. The molecule has 0 aliphatic heterocycles. The monoisotopic (exact) mass is 380 g/mol. The van der Waals surface area contributed by atoms with Gasteiger partial charge in [0.05, 0.1) is 23.7 Å². The molecule has 0 aliphatic carbocycles. The van der Waals surface area contributed by atoms with Crippen LogP contribution < -0.4 is 0 Å². The van der Waals surface area contributed by atoms with Crippen LogP contribution in [-0.4, -0.2) is 34.0 Å². The fourth-order valence-electron chi connectivity index (χ4n) is 2.99. The Hall–Kier alpha value is -2.50. The highest BCUT2D eigenvalue weighted by Gasteiger charge is 2.19. The number of hydrogen-bond acceptors (Lipinski definition) is 4. The SMILES string of the molecule is Cc1ccc(-c2nc(C)sc2CC(=O)N(CCO)Cc2ccccc2)cc1. The van der Waals surface area contributed by atoms with Crippen LogP contribution >= 0.6 is 11.3 Å². The molecule has 0 atom stereocenters. The zero-order chi connectivity index (χ0) is 19.2. The van der Waals surface area contributed by atoms with E-state index in [0.717, 1.165) is 26.7 Å². The molecule has 0 spiro atoms. The molecule has 3 aromatic rings. The van der Waals surface area contributed by atoms with Gasteiger partial charge in [-0.15, -0.1) is 11.3 Å². The average Bonchev–Trinajstić information content (AvgIpc) is 3.03. The Morgan fingerprint density at radius 3 is 2.44 bits per heavy atom. The first-order valence-electron chi connectivity index (χ1n) is 9.02. The van der Waals surface area contributed by atoms with E-state index in [1.54, 1.807) is 16.2 Å². The first kappa shape index (κ1) is 19.3. The van der Waals surface area contributed by atoms with Gasteiger partial charge in [0.15, 0.2) is 0 Å². The van der Waals surface area contributed by atoms with E-state index in [-0.39, 0.29) is 12.5 Å². The summed E-state index contributed by atoms with van der Waals surface area (Å²) in [7, 11) is 0. The van der Waals surface area contributed by atoms with Gasteiger partial charge in [-0.3, -0.25) is 4.79 Å². The molecule has 1 amide bonds. The summed E-state index contributed by atoms with van der Waals surface area (Å²) in [6, 6.07) is 18.1. The van der Waals surface area contributed by atoms with Gasteiger partial charge in [0.2, 0.25) is 5.91 Å². The molecule has 0 fully saturated rings. The van der Waals surface area contributed by atoms with E-state index in [9.17, 15) is 9.90 Å². The number of hydrogen-bond donors (Lipinski definition) is 1. The number of aromatic nitrogens is 1. The standard InChI is InChI=1S/C22H24N2O2S/c1-16-8-10-19(11-9-16)22-20(27-17(2)23-22)14-21(26)24(12-13-25)15-18-6-4-3-5-7-18/h3-11,25H,12-15H2,1-2H3. The second-order valence-electron chi connectivity index (χ2n) is 6.57. The third kappa shape index (κ3) is 5.02. The predicted octanol–water partition coefficient (Wildman–Crippen LogP) is 3.99. The van der Waals surface area contributed by atoms with Crippen molar-refractivity contribution in [3.05, 3.63) is 75.6 Å². The van der Waals surface area contributed by atoms with Crippen LogP contribution in [0.1, 0.15) is 21.0 Å². The molecule has 0 saturated carbocycles. The molecule has 4 nitrogen and oxygen atoms in total. The Morgan fingerprint density at radius 2 is 1.78 bits per heavy atom. The summed E-state index contributed by atoms with van der Waals surface area (Å²) in [6.45, 7) is 4.79. The lowest BCUT2D eigenvalue weighted by Gasteiger charge is -2.22. The van der Waals surface area contributed by atoms with Gasteiger partial charge in [-0.1, -0.05) is 60.2 Å². The Kier molecular flexibility index (Phi) is 6.37. The maximum Gasteiger partial charge on any atom is 0.228 e. The van der Waals surface area contributed by atoms with E-state index in [1.165, 1.54) is 5.56 Å². The quantitative estimate of drug-likeness (QED) is 0.674. The highest BCUT2D eigenvalue weighted by molar-refractivity contribution is 7.12. The molecule has 1 aromatic heterocycles. The summed E-state index contributed by atoms with van der Waals surface area (Å²) in [5.41, 5.74) is 4.16. The summed E-state index contributed by atoms with van der Waals surface area (Å²) in [5.74, 6) is 0.00455. The van der Waals surface area contributed by atoms with Gasteiger partial charge in [0.1, 0.15) is 0 Å². The highest BCUT2D eigenvalue weighted by Crippen LogP contribution is 2.29. The van der Waals surface area contributed by atoms with Crippen LogP contribution in [0.2, 0.25) is 0 Å². The maximum atomic E-state index is 12.9. The van der Waals surface area contributed by atoms with E-state index in [1.807, 2.05) is 49.4 Å². The first-order valence-corrected chi connectivity index (χ1v) is 9.84. The van der Waals surface area contributed by atoms with Gasteiger partial charge in [-0.25, -0.2) is 4.98 Å². The Morgan fingerprint density at radius 1 is 1.07 bits per heavy atom. The number of rotatable bonds is 7. The van der Waals surface area contributed by atoms with Gasteiger partial charge in [0, 0.05) is 23.5 Å². The lowest BCUT2D eigenvalue weighted by atomic mass is 10.1. The van der Waals surface area contributed by atoms with E-state index in [4.69, 9.17) is 0 Å². The van der Waals surface area contributed by atoms with Crippen LogP contribution in [0.25, 0.3) is 11.3 Å². The molecule has 1 heterocycles. The molecular weight excluding hydrogens is 356 g/mol. The first-order chi connectivity index (χ1) is 13.1. The number of carbonyl (C=O) groups is 1. The largest absolute Gasteiger partial charge is 0.395 e. The minimum atomic E-state index is -0.0505. The van der Waals surface area contributed by atoms with Gasteiger partial charge < -0.3 is 10.0 Å². The average molecular weight is 381 g/mol. The van der Waals surface area contributed by atoms with Crippen LogP contribution in [-0.2, 0) is 17.8 Å². The lowest BCUT2D eigenvalue weighted by molar-refractivity contribution is -0.131. The Balaban J connectivity index is 1.80. The number of carbonyl (C=O) groups excluding carboxylic acids is 1. The van der Waals surface area contributed by atoms with E-state index in [2.05, 4.69) is 24.0 Å². The molecule has 0 bridgehead atoms. The molecule has 27 heavy (non-hydrogen) atoms.